The summed E-state index contributed by atoms with van der Waals surface area (Å²) < 4.78 is 41.3. The number of thiazole rings is 1. The Morgan fingerprint density at radius 2 is 1.79 bits per heavy atom. The lowest BCUT2D eigenvalue weighted by molar-refractivity contribution is 0.0997. The van der Waals surface area contributed by atoms with Gasteiger partial charge < -0.3 is 14.0 Å². The van der Waals surface area contributed by atoms with Crippen LogP contribution in [0.4, 0.5) is 0 Å². The molecule has 10 heteroatoms. The van der Waals surface area contributed by atoms with Crippen molar-refractivity contribution in [3.8, 4) is 11.5 Å². The second-order valence-electron chi connectivity index (χ2n) is 8.21. The van der Waals surface area contributed by atoms with Gasteiger partial charge in [-0.25, -0.2) is 8.42 Å². The van der Waals surface area contributed by atoms with E-state index in [1.807, 2.05) is 30.5 Å². The lowest BCUT2D eigenvalue weighted by Crippen LogP contribution is -2.41. The predicted molar refractivity (Wildman–Crippen MR) is 132 cm³/mol. The zero-order valence-electron chi connectivity index (χ0n) is 19.8. The molecule has 3 aromatic rings. The number of amides is 1. The number of aromatic nitrogens is 1. The maximum absolute atomic E-state index is 13.1. The number of aryl methyl sites for hydroxylation is 1. The van der Waals surface area contributed by atoms with Crippen LogP contribution < -0.4 is 14.3 Å². The van der Waals surface area contributed by atoms with Crippen LogP contribution in [0.15, 0.2) is 46.3 Å². The average Bonchev–Trinajstić information content (AvgIpc) is 3.18. The van der Waals surface area contributed by atoms with E-state index in [0.29, 0.717) is 35.0 Å². The van der Waals surface area contributed by atoms with Gasteiger partial charge in [0.1, 0.15) is 0 Å². The Labute approximate surface area is 203 Å². The predicted octanol–water partition coefficient (Wildman–Crippen LogP) is 4.04. The molecule has 1 amide bonds. The fourth-order valence-electron chi connectivity index (χ4n) is 4.27. The lowest BCUT2D eigenvalue weighted by atomic mass is 10.1. The number of nitrogens with zero attached hydrogens (tertiary/aromatic N) is 3. The molecule has 182 valence electrons. The normalized spacial score (nSPS) is 17.8. The maximum atomic E-state index is 13.1. The third-order valence-corrected chi connectivity index (χ3v) is 9.22. The summed E-state index contributed by atoms with van der Waals surface area (Å²) >= 11 is 1.38. The lowest BCUT2D eigenvalue weighted by Gasteiger charge is -2.32. The van der Waals surface area contributed by atoms with Crippen molar-refractivity contribution < 1.29 is 22.7 Å². The smallest absolute Gasteiger partial charge is 0.279 e. The zero-order valence-corrected chi connectivity index (χ0v) is 21.4. The molecule has 1 unspecified atom stereocenters. The van der Waals surface area contributed by atoms with E-state index in [1.165, 1.54) is 35.6 Å². The summed E-state index contributed by atoms with van der Waals surface area (Å²) in [6, 6.07) is 9.77. The van der Waals surface area contributed by atoms with Crippen molar-refractivity contribution in [3.05, 3.63) is 46.8 Å². The number of sulfonamides is 1. The van der Waals surface area contributed by atoms with Crippen LogP contribution in [0.25, 0.3) is 10.2 Å². The Hall–Kier alpha value is -2.69. The fraction of sp³-hybridized carbons (Fsp3) is 0.417. The van der Waals surface area contributed by atoms with Crippen LogP contribution in [0.1, 0.15) is 43.5 Å². The van der Waals surface area contributed by atoms with E-state index in [1.54, 1.807) is 18.5 Å². The van der Waals surface area contributed by atoms with Gasteiger partial charge >= 0.3 is 0 Å². The molecule has 2 aromatic carbocycles. The first-order valence-corrected chi connectivity index (χ1v) is 13.5. The van der Waals surface area contributed by atoms with E-state index in [2.05, 4.69) is 4.99 Å². The van der Waals surface area contributed by atoms with Gasteiger partial charge in [-0.15, -0.1) is 0 Å². The summed E-state index contributed by atoms with van der Waals surface area (Å²) in [6.07, 6.45) is 2.76. The van der Waals surface area contributed by atoms with Crippen molar-refractivity contribution in [2.45, 2.75) is 50.6 Å². The van der Waals surface area contributed by atoms with Crippen LogP contribution in [-0.2, 0) is 16.6 Å². The van der Waals surface area contributed by atoms with Crippen molar-refractivity contribution in [2.24, 2.45) is 4.99 Å². The van der Waals surface area contributed by atoms with Gasteiger partial charge in [0.25, 0.3) is 5.91 Å². The van der Waals surface area contributed by atoms with Gasteiger partial charge in [0, 0.05) is 36.8 Å². The highest BCUT2D eigenvalue weighted by molar-refractivity contribution is 7.89. The summed E-state index contributed by atoms with van der Waals surface area (Å²) in [5.41, 5.74) is 1.23. The molecule has 0 aliphatic carbocycles. The largest absolute Gasteiger partial charge is 0.493 e. The van der Waals surface area contributed by atoms with E-state index in [4.69, 9.17) is 9.47 Å². The zero-order chi connectivity index (χ0) is 24.5. The molecule has 1 fully saturated rings. The van der Waals surface area contributed by atoms with E-state index in [-0.39, 0.29) is 10.9 Å². The number of hydrogen-bond donors (Lipinski definition) is 0. The van der Waals surface area contributed by atoms with Crippen molar-refractivity contribution in [1.29, 1.82) is 0 Å². The Kier molecular flexibility index (Phi) is 7.11. The second kappa shape index (κ2) is 9.89. The average molecular weight is 504 g/mol. The number of carbonyl (C=O) groups excluding carboxylic acids is 1. The van der Waals surface area contributed by atoms with Crippen molar-refractivity contribution >= 4 is 37.5 Å². The monoisotopic (exact) mass is 503 g/mol. The number of methoxy groups -OCH3 is 2. The number of piperidine rings is 1. The third kappa shape index (κ3) is 4.49. The summed E-state index contributed by atoms with van der Waals surface area (Å²) in [6.45, 7) is 5.06. The van der Waals surface area contributed by atoms with Gasteiger partial charge in [-0.05, 0) is 51.0 Å². The van der Waals surface area contributed by atoms with Crippen LogP contribution in [-0.4, -0.2) is 50.0 Å². The molecular weight excluding hydrogens is 474 g/mol. The van der Waals surface area contributed by atoms with E-state index in [0.717, 1.165) is 29.5 Å². The molecule has 4 rings (SSSR count). The SMILES string of the molecule is CCn1c(=NC(=O)c2ccc(S(=O)(=O)N3CCCCC3C)cc2)sc2cc(OC)c(OC)cc21. The quantitative estimate of drug-likeness (QED) is 0.506. The number of fused-ring (bicyclic) bond motifs is 1. The number of hydrogen-bond acceptors (Lipinski definition) is 6. The summed E-state index contributed by atoms with van der Waals surface area (Å²) in [4.78, 5) is 18.0. The Morgan fingerprint density at radius 1 is 1.12 bits per heavy atom. The Morgan fingerprint density at radius 3 is 2.41 bits per heavy atom. The summed E-state index contributed by atoms with van der Waals surface area (Å²) in [7, 11) is -0.429. The molecule has 0 radical (unpaired) electrons. The molecule has 1 aliphatic heterocycles. The van der Waals surface area contributed by atoms with Gasteiger partial charge in [-0.3, -0.25) is 4.79 Å². The first-order valence-electron chi connectivity index (χ1n) is 11.3. The summed E-state index contributed by atoms with van der Waals surface area (Å²) in [5, 5.41) is 0. The molecule has 2 heterocycles. The van der Waals surface area contributed by atoms with E-state index in [9.17, 15) is 13.2 Å². The van der Waals surface area contributed by atoms with Crippen LogP contribution in [0, 0.1) is 0 Å². The topological polar surface area (TPSA) is 90.2 Å². The molecule has 0 bridgehead atoms. The van der Waals surface area contributed by atoms with Gasteiger partial charge in [0.15, 0.2) is 16.3 Å². The molecule has 1 saturated heterocycles. The van der Waals surface area contributed by atoms with E-state index >= 15 is 0 Å². The minimum Gasteiger partial charge on any atom is -0.493 e. The van der Waals surface area contributed by atoms with Gasteiger partial charge in [0.2, 0.25) is 10.0 Å². The molecule has 8 nitrogen and oxygen atoms in total. The van der Waals surface area contributed by atoms with Gasteiger partial charge in [0.05, 0.1) is 29.3 Å². The minimum absolute atomic E-state index is 0.0234. The number of carbonyl (C=O) groups is 1. The Bertz CT molecular complexity index is 1370. The first kappa shape index (κ1) is 24.4. The third-order valence-electron chi connectivity index (χ3n) is 6.15. The molecular formula is C24H29N3O5S2. The van der Waals surface area contributed by atoms with Gasteiger partial charge in [-0.2, -0.15) is 9.30 Å². The molecule has 1 aromatic heterocycles. The Balaban J connectivity index is 1.66. The highest BCUT2D eigenvalue weighted by Crippen LogP contribution is 2.33. The van der Waals surface area contributed by atoms with Crippen molar-refractivity contribution in [2.75, 3.05) is 20.8 Å². The van der Waals surface area contributed by atoms with Gasteiger partial charge in [-0.1, -0.05) is 17.8 Å². The van der Waals surface area contributed by atoms with Crippen LogP contribution in [0.2, 0.25) is 0 Å². The molecule has 34 heavy (non-hydrogen) atoms. The first-order chi connectivity index (χ1) is 16.3. The number of rotatable bonds is 6. The summed E-state index contributed by atoms with van der Waals surface area (Å²) in [5.74, 6) is 0.785. The highest BCUT2D eigenvalue weighted by Gasteiger charge is 2.30. The van der Waals surface area contributed by atoms with Crippen LogP contribution in [0.3, 0.4) is 0 Å². The standard InChI is InChI=1S/C24H29N3O5S2/c1-5-26-19-14-20(31-3)21(32-4)15-22(19)33-24(26)25-23(28)17-9-11-18(12-10-17)34(29,30)27-13-7-6-8-16(27)2/h9-12,14-16H,5-8,13H2,1-4H3. The second-order valence-corrected chi connectivity index (χ2v) is 11.1. The fourth-order valence-corrected chi connectivity index (χ4v) is 7.07. The molecule has 1 aliphatic rings. The van der Waals surface area contributed by atoms with Crippen molar-refractivity contribution in [3.63, 3.8) is 0 Å². The van der Waals surface area contributed by atoms with Crippen LogP contribution >= 0.6 is 11.3 Å². The molecule has 0 spiro atoms. The van der Waals surface area contributed by atoms with E-state index < -0.39 is 15.9 Å². The van der Waals surface area contributed by atoms with Crippen LogP contribution in [0.5, 0.6) is 11.5 Å². The van der Waals surface area contributed by atoms with Crippen molar-refractivity contribution in [1.82, 2.24) is 8.87 Å². The molecule has 0 saturated carbocycles. The maximum Gasteiger partial charge on any atom is 0.279 e. The minimum atomic E-state index is -3.59. The number of ether oxygens (including phenoxy) is 2. The molecule has 1 atom stereocenters. The highest BCUT2D eigenvalue weighted by atomic mass is 32.2. The number of benzene rings is 2. The molecule has 0 N–H and O–H groups in total.